The molecule has 1 aromatic carbocycles. The Morgan fingerprint density at radius 3 is 2.61 bits per heavy atom. The number of nitrogens with zero attached hydrogens (tertiary/aromatic N) is 2. The summed E-state index contributed by atoms with van der Waals surface area (Å²) < 4.78 is 16.2. The minimum absolute atomic E-state index is 0.0418. The van der Waals surface area contributed by atoms with Gasteiger partial charge < -0.3 is 19.1 Å². The maximum absolute atomic E-state index is 12.7. The highest BCUT2D eigenvalue weighted by Crippen LogP contribution is 2.45. The summed E-state index contributed by atoms with van der Waals surface area (Å²) in [6.07, 6.45) is -0.203. The second-order valence-corrected chi connectivity index (χ2v) is 8.00. The van der Waals surface area contributed by atoms with Crippen LogP contribution in [0.15, 0.2) is 24.3 Å². The van der Waals surface area contributed by atoms with E-state index >= 15 is 0 Å². The number of rotatable bonds is 5. The zero-order valence-electron chi connectivity index (χ0n) is 16.3. The monoisotopic (exact) mass is 392 g/mol. The Bertz CT molecular complexity index is 788. The zero-order valence-corrected chi connectivity index (χ0v) is 16.3. The van der Waals surface area contributed by atoms with Crippen molar-refractivity contribution in [2.45, 2.75) is 58.1 Å². The lowest BCUT2D eigenvalue weighted by Crippen LogP contribution is -2.75. The summed E-state index contributed by atoms with van der Waals surface area (Å²) in [7, 11) is 0. The second kappa shape index (κ2) is 7.05. The molecule has 9 heteroatoms. The third-order valence-electron chi connectivity index (χ3n) is 5.27. The lowest BCUT2D eigenvalue weighted by molar-refractivity contribution is -0.384. The van der Waals surface area contributed by atoms with Gasteiger partial charge in [-0.1, -0.05) is 0 Å². The quantitative estimate of drug-likeness (QED) is 0.328. The molecular weight excluding hydrogens is 368 g/mol. The Balaban J connectivity index is 1.57. The largest absolute Gasteiger partial charge is 0.509 e. The Labute approximate surface area is 162 Å². The molecular formula is C19H24N2O7. The molecule has 2 saturated heterocycles. The van der Waals surface area contributed by atoms with Crippen LogP contribution in [-0.2, 0) is 25.6 Å². The second-order valence-electron chi connectivity index (χ2n) is 8.00. The number of ether oxygens (including phenoxy) is 3. The SMILES string of the molecule is CC(C)(OC(=O)OCc1ccc([N+](=O)[O-])cc1)[C@@H]1C(=O)N2[C@@H]1CCOC2(C)C. The van der Waals surface area contributed by atoms with Crippen molar-refractivity contribution < 1.29 is 28.7 Å². The Hall–Kier alpha value is -2.68. The number of carbonyl (C=O) groups is 2. The van der Waals surface area contributed by atoms with Gasteiger partial charge in [-0.05, 0) is 51.8 Å². The lowest BCUT2D eigenvalue weighted by Gasteiger charge is -2.60. The maximum Gasteiger partial charge on any atom is 0.509 e. The van der Waals surface area contributed by atoms with Crippen LogP contribution in [0.3, 0.4) is 0 Å². The van der Waals surface area contributed by atoms with Crippen LogP contribution in [0.4, 0.5) is 10.5 Å². The molecule has 28 heavy (non-hydrogen) atoms. The fraction of sp³-hybridized carbons (Fsp3) is 0.579. The molecule has 3 rings (SSSR count). The van der Waals surface area contributed by atoms with Crippen molar-refractivity contribution >= 4 is 17.7 Å². The van der Waals surface area contributed by atoms with Crippen molar-refractivity contribution in [2.75, 3.05) is 6.61 Å². The van der Waals surface area contributed by atoms with Crippen LogP contribution < -0.4 is 0 Å². The third-order valence-corrected chi connectivity index (χ3v) is 5.27. The van der Waals surface area contributed by atoms with Crippen LogP contribution >= 0.6 is 0 Å². The minimum atomic E-state index is -1.03. The van der Waals surface area contributed by atoms with Crippen molar-refractivity contribution in [3.63, 3.8) is 0 Å². The normalized spacial score (nSPS) is 23.4. The maximum atomic E-state index is 12.7. The standard InChI is InChI=1S/C19H24N2O7/c1-18(2,15-14-9-10-27-19(3,4)20(14)16(15)22)28-17(23)26-11-12-5-7-13(8-6-12)21(24)25/h5-8,14-15H,9-11H2,1-4H3/t14-,15+/m1/s1. The van der Waals surface area contributed by atoms with E-state index in [2.05, 4.69) is 0 Å². The first-order valence-electron chi connectivity index (χ1n) is 9.09. The highest BCUT2D eigenvalue weighted by Gasteiger charge is 2.61. The number of non-ortho nitro benzene ring substituents is 1. The number of hydrogen-bond acceptors (Lipinski definition) is 7. The van der Waals surface area contributed by atoms with E-state index in [-0.39, 0.29) is 24.2 Å². The Kier molecular flexibility index (Phi) is 5.05. The number of carbonyl (C=O) groups excluding carboxylic acids is 2. The summed E-state index contributed by atoms with van der Waals surface area (Å²) in [6.45, 7) is 7.55. The molecule has 2 aliphatic heterocycles. The topological polar surface area (TPSA) is 108 Å². The van der Waals surface area contributed by atoms with Gasteiger partial charge in [0, 0.05) is 12.1 Å². The van der Waals surface area contributed by atoms with Crippen LogP contribution in [0.25, 0.3) is 0 Å². The van der Waals surface area contributed by atoms with Crippen LogP contribution in [0.2, 0.25) is 0 Å². The first-order valence-corrected chi connectivity index (χ1v) is 9.09. The molecule has 0 unspecified atom stereocenters. The van der Waals surface area contributed by atoms with Gasteiger partial charge in [0.15, 0.2) is 0 Å². The van der Waals surface area contributed by atoms with E-state index in [1.54, 1.807) is 18.7 Å². The van der Waals surface area contributed by atoms with Gasteiger partial charge >= 0.3 is 6.16 Å². The number of β-lactam (4-membered cyclic amide) rings is 1. The Morgan fingerprint density at radius 1 is 1.36 bits per heavy atom. The van der Waals surface area contributed by atoms with Gasteiger partial charge in [0.05, 0.1) is 23.5 Å². The van der Waals surface area contributed by atoms with E-state index in [0.29, 0.717) is 18.6 Å². The van der Waals surface area contributed by atoms with Crippen molar-refractivity contribution in [3.8, 4) is 0 Å². The number of nitro benzene ring substituents is 1. The fourth-order valence-electron chi connectivity index (χ4n) is 3.93. The number of amides is 1. The van der Waals surface area contributed by atoms with Crippen LogP contribution in [-0.4, -0.2) is 45.9 Å². The predicted octanol–water partition coefficient (Wildman–Crippen LogP) is 3.01. The minimum Gasteiger partial charge on any atom is -0.429 e. The Morgan fingerprint density at radius 2 is 2.00 bits per heavy atom. The van der Waals surface area contributed by atoms with Crippen molar-refractivity contribution in [1.82, 2.24) is 4.90 Å². The van der Waals surface area contributed by atoms with E-state index in [9.17, 15) is 19.7 Å². The highest BCUT2D eigenvalue weighted by molar-refractivity contribution is 5.88. The molecule has 0 saturated carbocycles. The average Bonchev–Trinajstić information content (AvgIpc) is 2.57. The first-order chi connectivity index (χ1) is 13.0. The van der Waals surface area contributed by atoms with Gasteiger partial charge in [-0.3, -0.25) is 14.9 Å². The summed E-state index contributed by atoms with van der Waals surface area (Å²) >= 11 is 0. The molecule has 0 aromatic heterocycles. The predicted molar refractivity (Wildman–Crippen MR) is 97.2 cm³/mol. The summed E-state index contributed by atoms with van der Waals surface area (Å²) in [5.41, 5.74) is -1.14. The number of benzene rings is 1. The molecule has 0 spiro atoms. The first kappa shape index (κ1) is 20.1. The number of hydrogen-bond donors (Lipinski definition) is 0. The molecule has 152 valence electrons. The van der Waals surface area contributed by atoms with Crippen molar-refractivity contribution in [2.24, 2.45) is 5.92 Å². The molecule has 2 heterocycles. The zero-order chi connectivity index (χ0) is 20.7. The van der Waals surface area contributed by atoms with Crippen molar-refractivity contribution in [3.05, 3.63) is 39.9 Å². The number of fused-ring (bicyclic) bond motifs is 1. The summed E-state index contributed by atoms with van der Waals surface area (Å²) in [5, 5.41) is 10.7. The van der Waals surface area contributed by atoms with Crippen LogP contribution in [0.5, 0.6) is 0 Å². The molecule has 9 nitrogen and oxygen atoms in total. The van der Waals surface area contributed by atoms with E-state index < -0.39 is 28.3 Å². The molecule has 0 N–H and O–H groups in total. The lowest BCUT2D eigenvalue weighted by atomic mass is 9.72. The third kappa shape index (κ3) is 3.66. The van der Waals surface area contributed by atoms with E-state index in [4.69, 9.17) is 14.2 Å². The molecule has 0 bridgehead atoms. The summed E-state index contributed by atoms with van der Waals surface area (Å²) in [4.78, 5) is 36.7. The molecule has 0 radical (unpaired) electrons. The average molecular weight is 392 g/mol. The summed E-state index contributed by atoms with van der Waals surface area (Å²) in [6, 6.07) is 5.64. The molecule has 1 aromatic rings. The fourth-order valence-corrected chi connectivity index (χ4v) is 3.93. The van der Waals surface area contributed by atoms with Crippen LogP contribution in [0, 0.1) is 16.0 Å². The smallest absolute Gasteiger partial charge is 0.429 e. The van der Waals surface area contributed by atoms with E-state index in [1.807, 2.05) is 13.8 Å². The van der Waals surface area contributed by atoms with Gasteiger partial charge in [0.2, 0.25) is 5.91 Å². The van der Waals surface area contributed by atoms with Gasteiger partial charge in [0.1, 0.15) is 17.9 Å². The highest BCUT2D eigenvalue weighted by atomic mass is 16.7. The summed E-state index contributed by atoms with van der Waals surface area (Å²) in [5.74, 6) is -0.564. The van der Waals surface area contributed by atoms with Crippen molar-refractivity contribution in [1.29, 1.82) is 0 Å². The number of nitro groups is 1. The molecule has 1 amide bonds. The van der Waals surface area contributed by atoms with Crippen LogP contribution in [0.1, 0.15) is 39.7 Å². The van der Waals surface area contributed by atoms with E-state index in [1.165, 1.54) is 24.3 Å². The van der Waals surface area contributed by atoms with E-state index in [0.717, 1.165) is 0 Å². The van der Waals surface area contributed by atoms with Gasteiger partial charge in [-0.15, -0.1) is 0 Å². The molecule has 2 fully saturated rings. The molecule has 0 aliphatic carbocycles. The van der Waals surface area contributed by atoms with Gasteiger partial charge in [-0.2, -0.15) is 0 Å². The van der Waals surface area contributed by atoms with Gasteiger partial charge in [0.25, 0.3) is 5.69 Å². The molecule has 2 atom stereocenters. The van der Waals surface area contributed by atoms with Gasteiger partial charge in [-0.25, -0.2) is 4.79 Å². The molecule has 2 aliphatic rings.